The number of likely N-dealkylation sites (tertiary alicyclic amines) is 1. The Balaban J connectivity index is 1.55. The van der Waals surface area contributed by atoms with Gasteiger partial charge in [0.15, 0.2) is 0 Å². The van der Waals surface area contributed by atoms with E-state index in [1.54, 1.807) is 6.07 Å². The zero-order valence-electron chi connectivity index (χ0n) is 18.0. The van der Waals surface area contributed by atoms with Gasteiger partial charge >= 0.3 is 0 Å². The summed E-state index contributed by atoms with van der Waals surface area (Å²) in [5, 5.41) is 2.78. The summed E-state index contributed by atoms with van der Waals surface area (Å²) in [5.41, 5.74) is 3.79. The van der Waals surface area contributed by atoms with Gasteiger partial charge in [0.2, 0.25) is 11.8 Å². The summed E-state index contributed by atoms with van der Waals surface area (Å²) in [6.45, 7) is 7.43. The normalized spacial score (nSPS) is 18.6. The Morgan fingerprint density at radius 3 is 2.52 bits per heavy atom. The maximum absolute atomic E-state index is 13.1. The molecule has 4 rings (SSSR count). The van der Waals surface area contributed by atoms with Crippen LogP contribution in [-0.2, 0) is 4.79 Å². The lowest BCUT2D eigenvalue weighted by atomic mass is 9.80. The number of aromatic nitrogens is 2. The summed E-state index contributed by atoms with van der Waals surface area (Å²) in [5.74, 6) is -3.07. The molecule has 1 saturated heterocycles. The van der Waals surface area contributed by atoms with Gasteiger partial charge in [-0.25, -0.2) is 18.7 Å². The monoisotopic (exact) mass is 430 g/mol. The number of aryl methyl sites for hydroxylation is 2. The molecule has 0 unspecified atom stereocenters. The summed E-state index contributed by atoms with van der Waals surface area (Å²) < 4.78 is 32.4. The summed E-state index contributed by atoms with van der Waals surface area (Å²) in [7, 11) is 0. The van der Waals surface area contributed by atoms with Crippen molar-refractivity contribution in [2.45, 2.75) is 45.5 Å². The predicted molar refractivity (Wildman–Crippen MR) is 114 cm³/mol. The van der Waals surface area contributed by atoms with Gasteiger partial charge in [-0.05, 0) is 58.0 Å². The number of halogens is 2. The lowest BCUT2D eigenvalue weighted by Crippen LogP contribution is -2.42. The third-order valence-electron chi connectivity index (χ3n) is 6.07. The Hall–Kier alpha value is -2.61. The SMILES string of the molecule is Cc1ncnc(C)c1-c1cc(NC(=O)C2CC(F)(F)C2)ccc1OCCN1CCCC1. The number of carbonyl (C=O) groups excluding carboxylic acids is 1. The smallest absolute Gasteiger partial charge is 0.249 e. The molecular weight excluding hydrogens is 402 g/mol. The Morgan fingerprint density at radius 2 is 1.87 bits per heavy atom. The molecule has 1 saturated carbocycles. The molecule has 166 valence electrons. The average molecular weight is 430 g/mol. The second kappa shape index (κ2) is 8.86. The highest BCUT2D eigenvalue weighted by Crippen LogP contribution is 2.43. The highest BCUT2D eigenvalue weighted by molar-refractivity contribution is 5.94. The van der Waals surface area contributed by atoms with Crippen LogP contribution in [0.4, 0.5) is 14.5 Å². The minimum atomic E-state index is -2.73. The van der Waals surface area contributed by atoms with E-state index in [2.05, 4.69) is 20.2 Å². The number of benzene rings is 1. The molecule has 1 aromatic heterocycles. The van der Waals surface area contributed by atoms with E-state index >= 15 is 0 Å². The van der Waals surface area contributed by atoms with Crippen molar-refractivity contribution in [3.63, 3.8) is 0 Å². The maximum Gasteiger partial charge on any atom is 0.249 e. The molecule has 6 nitrogen and oxygen atoms in total. The Morgan fingerprint density at radius 1 is 1.19 bits per heavy atom. The molecule has 31 heavy (non-hydrogen) atoms. The number of carbonyl (C=O) groups is 1. The van der Waals surface area contributed by atoms with Crippen molar-refractivity contribution in [1.82, 2.24) is 14.9 Å². The van der Waals surface area contributed by atoms with Crippen molar-refractivity contribution in [3.05, 3.63) is 35.9 Å². The average Bonchev–Trinajstić information content (AvgIpc) is 3.21. The number of nitrogens with one attached hydrogen (secondary N) is 1. The second-order valence-corrected chi connectivity index (χ2v) is 8.48. The first kappa shape index (κ1) is 21.6. The van der Waals surface area contributed by atoms with Gasteiger partial charge in [0.05, 0.1) is 0 Å². The van der Waals surface area contributed by atoms with Gasteiger partial charge in [-0.15, -0.1) is 0 Å². The lowest BCUT2D eigenvalue weighted by Gasteiger charge is -2.33. The number of anilines is 1. The van der Waals surface area contributed by atoms with Crippen LogP contribution < -0.4 is 10.1 Å². The van der Waals surface area contributed by atoms with Gasteiger partial charge in [-0.2, -0.15) is 0 Å². The van der Waals surface area contributed by atoms with Crippen molar-refractivity contribution < 1.29 is 18.3 Å². The minimum absolute atomic E-state index is 0.377. The van der Waals surface area contributed by atoms with Gasteiger partial charge in [0.25, 0.3) is 0 Å². The molecule has 0 radical (unpaired) electrons. The molecule has 1 amide bonds. The molecule has 2 fully saturated rings. The van der Waals surface area contributed by atoms with Gasteiger partial charge in [0, 0.05) is 53.5 Å². The van der Waals surface area contributed by atoms with Gasteiger partial charge in [-0.3, -0.25) is 9.69 Å². The quantitative estimate of drug-likeness (QED) is 0.713. The van der Waals surface area contributed by atoms with E-state index in [1.807, 2.05) is 26.0 Å². The molecule has 1 N–H and O–H groups in total. The van der Waals surface area contributed by atoms with Crippen LogP contribution in [-0.4, -0.2) is 52.9 Å². The van der Waals surface area contributed by atoms with Gasteiger partial charge in [-0.1, -0.05) is 0 Å². The summed E-state index contributed by atoms with van der Waals surface area (Å²) in [6, 6.07) is 5.38. The highest BCUT2D eigenvalue weighted by atomic mass is 19.3. The Kier molecular flexibility index (Phi) is 6.18. The molecule has 2 aromatic rings. The molecule has 2 aliphatic rings. The third-order valence-corrected chi connectivity index (χ3v) is 6.07. The first-order valence-electron chi connectivity index (χ1n) is 10.8. The predicted octanol–water partition coefficient (Wildman–Crippen LogP) is 4.22. The number of ether oxygens (including phenoxy) is 1. The molecule has 1 aromatic carbocycles. The standard InChI is InChI=1S/C23H28F2N4O2/c1-15-21(16(2)27-14-26-15)19-11-18(28-22(30)17-12-23(24,25)13-17)5-6-20(19)31-10-9-29-7-3-4-8-29/h5-6,11,14,17H,3-4,7-10,12-13H2,1-2H3,(H,28,30). The second-order valence-electron chi connectivity index (χ2n) is 8.48. The van der Waals surface area contributed by atoms with Crippen LogP contribution in [0.3, 0.4) is 0 Å². The van der Waals surface area contributed by atoms with E-state index in [-0.39, 0.29) is 5.91 Å². The van der Waals surface area contributed by atoms with Crippen LogP contribution in [0.2, 0.25) is 0 Å². The van der Waals surface area contributed by atoms with Crippen LogP contribution in [0.1, 0.15) is 37.1 Å². The molecule has 8 heteroatoms. The van der Waals surface area contributed by atoms with Gasteiger partial charge in [0.1, 0.15) is 18.7 Å². The van der Waals surface area contributed by atoms with Crippen molar-refractivity contribution in [3.8, 4) is 16.9 Å². The first-order chi connectivity index (χ1) is 14.8. The van der Waals surface area contributed by atoms with Crippen molar-refractivity contribution in [1.29, 1.82) is 0 Å². The van der Waals surface area contributed by atoms with E-state index in [0.717, 1.165) is 42.1 Å². The Bertz CT molecular complexity index is 932. The number of hydrogen-bond donors (Lipinski definition) is 1. The lowest BCUT2D eigenvalue weighted by molar-refractivity contribution is -0.145. The van der Waals surface area contributed by atoms with Crippen LogP contribution in [0, 0.1) is 19.8 Å². The molecule has 0 atom stereocenters. The van der Waals surface area contributed by atoms with Crippen LogP contribution in [0.5, 0.6) is 5.75 Å². The maximum atomic E-state index is 13.1. The number of alkyl halides is 2. The molecule has 2 heterocycles. The zero-order valence-corrected chi connectivity index (χ0v) is 18.0. The van der Waals surface area contributed by atoms with E-state index in [0.29, 0.717) is 18.0 Å². The fourth-order valence-electron chi connectivity index (χ4n) is 4.29. The van der Waals surface area contributed by atoms with Crippen LogP contribution in [0.15, 0.2) is 24.5 Å². The summed E-state index contributed by atoms with van der Waals surface area (Å²) in [6.07, 6.45) is 3.19. The van der Waals surface area contributed by atoms with E-state index in [4.69, 9.17) is 4.74 Å². The summed E-state index contributed by atoms with van der Waals surface area (Å²) >= 11 is 0. The largest absolute Gasteiger partial charge is 0.492 e. The van der Waals surface area contributed by atoms with Crippen LogP contribution in [0.25, 0.3) is 11.1 Å². The van der Waals surface area contributed by atoms with E-state index in [1.165, 1.54) is 19.2 Å². The van der Waals surface area contributed by atoms with Crippen LogP contribution >= 0.6 is 0 Å². The zero-order chi connectivity index (χ0) is 22.0. The van der Waals surface area contributed by atoms with Crippen molar-refractivity contribution in [2.24, 2.45) is 5.92 Å². The number of rotatable bonds is 7. The molecule has 0 spiro atoms. The van der Waals surface area contributed by atoms with Crippen molar-refractivity contribution in [2.75, 3.05) is 31.6 Å². The first-order valence-corrected chi connectivity index (χ1v) is 10.8. The van der Waals surface area contributed by atoms with E-state index in [9.17, 15) is 13.6 Å². The Labute approximate surface area is 181 Å². The topological polar surface area (TPSA) is 67.3 Å². The third kappa shape index (κ3) is 5.01. The number of nitrogens with zero attached hydrogens (tertiary/aromatic N) is 3. The summed E-state index contributed by atoms with van der Waals surface area (Å²) in [4.78, 5) is 23.4. The van der Waals surface area contributed by atoms with E-state index < -0.39 is 24.7 Å². The molecule has 0 bridgehead atoms. The fourth-order valence-corrected chi connectivity index (χ4v) is 4.29. The van der Waals surface area contributed by atoms with Gasteiger partial charge < -0.3 is 10.1 Å². The minimum Gasteiger partial charge on any atom is -0.492 e. The fraction of sp³-hybridized carbons (Fsp3) is 0.522. The molecule has 1 aliphatic heterocycles. The molecular formula is C23H28F2N4O2. The number of hydrogen-bond acceptors (Lipinski definition) is 5. The van der Waals surface area contributed by atoms with Crippen molar-refractivity contribution >= 4 is 11.6 Å². The highest BCUT2D eigenvalue weighted by Gasteiger charge is 2.48. The molecule has 1 aliphatic carbocycles. The number of amides is 1.